The van der Waals surface area contributed by atoms with Crippen LogP contribution in [0.2, 0.25) is 0 Å². The van der Waals surface area contributed by atoms with Gasteiger partial charge in [-0.05, 0) is 12.8 Å². The molecule has 1 saturated carbocycles. The minimum absolute atomic E-state index is 0.102. The van der Waals surface area contributed by atoms with E-state index in [1.54, 1.807) is 0 Å². The van der Waals surface area contributed by atoms with Gasteiger partial charge in [-0.2, -0.15) is 0 Å². The van der Waals surface area contributed by atoms with E-state index in [0.717, 1.165) is 13.2 Å². The van der Waals surface area contributed by atoms with Crippen molar-refractivity contribution in [2.45, 2.75) is 45.1 Å². The van der Waals surface area contributed by atoms with Crippen LogP contribution in [0.5, 0.6) is 0 Å². The Bertz CT molecular complexity index is 203. The lowest BCUT2D eigenvalue weighted by Gasteiger charge is -2.22. The lowest BCUT2D eigenvalue weighted by molar-refractivity contribution is -0.121. The molecule has 1 fully saturated rings. The summed E-state index contributed by atoms with van der Waals surface area (Å²) in [6, 6.07) is 0. The number of nitrogens with one attached hydrogen (secondary N) is 1. The van der Waals surface area contributed by atoms with E-state index >= 15 is 0 Å². The first-order valence-electron chi connectivity index (χ1n) is 6.32. The number of hydrogen-bond acceptors (Lipinski definition) is 3. The fourth-order valence-corrected chi connectivity index (χ4v) is 1.95. The van der Waals surface area contributed by atoms with E-state index in [9.17, 15) is 4.79 Å². The Morgan fingerprint density at radius 2 is 2.12 bits per heavy atom. The molecular formula is C12H24N2O2. The zero-order valence-corrected chi connectivity index (χ0v) is 10.2. The van der Waals surface area contributed by atoms with Crippen molar-refractivity contribution in [1.29, 1.82) is 0 Å². The molecule has 1 unspecified atom stereocenters. The molecule has 1 atom stereocenters. The van der Waals surface area contributed by atoms with Crippen LogP contribution in [-0.4, -0.2) is 31.7 Å². The summed E-state index contributed by atoms with van der Waals surface area (Å²) in [6.45, 7) is 4.00. The predicted molar refractivity (Wildman–Crippen MR) is 64.1 cm³/mol. The van der Waals surface area contributed by atoms with Crippen LogP contribution in [0.3, 0.4) is 0 Å². The van der Waals surface area contributed by atoms with Gasteiger partial charge in [-0.3, -0.25) is 4.79 Å². The highest BCUT2D eigenvalue weighted by Gasteiger charge is 2.13. The minimum atomic E-state index is -0.249. The molecule has 0 aromatic heterocycles. The number of hydrogen-bond donors (Lipinski definition) is 2. The van der Waals surface area contributed by atoms with Gasteiger partial charge in [0, 0.05) is 19.0 Å². The third kappa shape index (κ3) is 5.47. The summed E-state index contributed by atoms with van der Waals surface area (Å²) in [5.41, 5.74) is 5.16. The molecule has 0 heterocycles. The van der Waals surface area contributed by atoms with Crippen LogP contribution >= 0.6 is 0 Å². The third-order valence-corrected chi connectivity index (χ3v) is 3.12. The van der Waals surface area contributed by atoms with E-state index in [1.165, 1.54) is 32.1 Å². The highest BCUT2D eigenvalue weighted by atomic mass is 16.5. The summed E-state index contributed by atoms with van der Waals surface area (Å²) in [7, 11) is 0. The van der Waals surface area contributed by atoms with Gasteiger partial charge in [0.1, 0.15) is 0 Å². The van der Waals surface area contributed by atoms with Gasteiger partial charge in [0.15, 0.2) is 0 Å². The molecule has 0 bridgehead atoms. The van der Waals surface area contributed by atoms with Gasteiger partial charge in [0.05, 0.1) is 12.7 Å². The summed E-state index contributed by atoms with van der Waals surface area (Å²) in [5.74, 6) is -0.352. The largest absolute Gasteiger partial charge is 0.377 e. The van der Waals surface area contributed by atoms with Crippen LogP contribution in [0.4, 0.5) is 0 Å². The van der Waals surface area contributed by atoms with Crippen LogP contribution < -0.4 is 11.1 Å². The molecular weight excluding hydrogens is 204 g/mol. The van der Waals surface area contributed by atoms with E-state index in [-0.39, 0.29) is 11.8 Å². The molecule has 0 spiro atoms. The number of nitrogens with two attached hydrogens (primary N) is 1. The molecule has 94 valence electrons. The second-order valence-corrected chi connectivity index (χ2v) is 4.64. The standard InChI is InChI=1S/C12H24N2O2/c1-10(12(13)15)9-14-7-8-16-11-5-3-2-4-6-11/h10-11,14H,2-9H2,1H3,(H2,13,15). The molecule has 0 aliphatic heterocycles. The Hall–Kier alpha value is -0.610. The predicted octanol–water partition coefficient (Wildman–Crippen LogP) is 1.05. The minimum Gasteiger partial charge on any atom is -0.377 e. The highest BCUT2D eigenvalue weighted by Crippen LogP contribution is 2.19. The van der Waals surface area contributed by atoms with E-state index < -0.39 is 0 Å². The molecule has 1 amide bonds. The molecule has 16 heavy (non-hydrogen) atoms. The Morgan fingerprint density at radius 1 is 1.44 bits per heavy atom. The molecule has 0 aromatic carbocycles. The molecule has 4 nitrogen and oxygen atoms in total. The van der Waals surface area contributed by atoms with Crippen molar-refractivity contribution in [3.8, 4) is 0 Å². The topological polar surface area (TPSA) is 64.3 Å². The summed E-state index contributed by atoms with van der Waals surface area (Å²) >= 11 is 0. The van der Waals surface area contributed by atoms with Gasteiger partial charge in [0.25, 0.3) is 0 Å². The van der Waals surface area contributed by atoms with Gasteiger partial charge in [0.2, 0.25) is 5.91 Å². The van der Waals surface area contributed by atoms with Crippen molar-refractivity contribution in [2.75, 3.05) is 19.7 Å². The lowest BCUT2D eigenvalue weighted by atomic mass is 9.98. The second kappa shape index (κ2) is 7.63. The highest BCUT2D eigenvalue weighted by molar-refractivity contribution is 5.76. The number of ether oxygens (including phenoxy) is 1. The summed E-state index contributed by atoms with van der Waals surface area (Å²) in [5, 5.41) is 3.18. The maximum absolute atomic E-state index is 10.8. The Kier molecular flexibility index (Phi) is 6.42. The SMILES string of the molecule is CC(CNCCOC1CCCCC1)C(N)=O. The Labute approximate surface area is 97.9 Å². The number of amides is 1. The van der Waals surface area contributed by atoms with Crippen LogP contribution in [0.25, 0.3) is 0 Å². The van der Waals surface area contributed by atoms with Crippen LogP contribution in [0.1, 0.15) is 39.0 Å². The monoisotopic (exact) mass is 228 g/mol. The van der Waals surface area contributed by atoms with Crippen molar-refractivity contribution in [3.05, 3.63) is 0 Å². The van der Waals surface area contributed by atoms with E-state index in [0.29, 0.717) is 12.6 Å². The molecule has 3 N–H and O–H groups in total. The quantitative estimate of drug-likeness (QED) is 0.640. The van der Waals surface area contributed by atoms with Crippen LogP contribution in [0, 0.1) is 5.92 Å². The lowest BCUT2D eigenvalue weighted by Crippen LogP contribution is -2.33. The first-order chi connectivity index (χ1) is 7.70. The van der Waals surface area contributed by atoms with Gasteiger partial charge in [-0.25, -0.2) is 0 Å². The van der Waals surface area contributed by atoms with Crippen molar-refractivity contribution in [1.82, 2.24) is 5.32 Å². The first-order valence-corrected chi connectivity index (χ1v) is 6.32. The van der Waals surface area contributed by atoms with Crippen molar-refractivity contribution >= 4 is 5.91 Å². The van der Waals surface area contributed by atoms with Gasteiger partial charge < -0.3 is 15.8 Å². The van der Waals surface area contributed by atoms with E-state index in [2.05, 4.69) is 5.32 Å². The van der Waals surface area contributed by atoms with E-state index in [4.69, 9.17) is 10.5 Å². The fourth-order valence-electron chi connectivity index (χ4n) is 1.95. The summed E-state index contributed by atoms with van der Waals surface area (Å²) in [6.07, 6.45) is 6.83. The first kappa shape index (κ1) is 13.5. The maximum atomic E-state index is 10.8. The second-order valence-electron chi connectivity index (χ2n) is 4.64. The number of carbonyl (C=O) groups excluding carboxylic acids is 1. The van der Waals surface area contributed by atoms with E-state index in [1.807, 2.05) is 6.92 Å². The molecule has 0 aromatic rings. The van der Waals surface area contributed by atoms with Crippen LogP contribution in [0.15, 0.2) is 0 Å². The van der Waals surface area contributed by atoms with Crippen molar-refractivity contribution in [3.63, 3.8) is 0 Å². The number of primary amides is 1. The summed E-state index contributed by atoms with van der Waals surface area (Å²) < 4.78 is 5.75. The number of rotatable bonds is 7. The Balaban J connectivity index is 1.93. The molecule has 1 aliphatic carbocycles. The fraction of sp³-hybridized carbons (Fsp3) is 0.917. The molecule has 0 radical (unpaired) electrons. The van der Waals surface area contributed by atoms with Gasteiger partial charge in [-0.1, -0.05) is 26.2 Å². The molecule has 1 rings (SSSR count). The average molecular weight is 228 g/mol. The normalized spacial score (nSPS) is 19.6. The van der Waals surface area contributed by atoms with Crippen molar-refractivity contribution in [2.24, 2.45) is 11.7 Å². The zero-order valence-electron chi connectivity index (χ0n) is 10.2. The molecule has 1 aliphatic rings. The van der Waals surface area contributed by atoms with Gasteiger partial charge in [-0.15, -0.1) is 0 Å². The smallest absolute Gasteiger partial charge is 0.221 e. The van der Waals surface area contributed by atoms with Crippen molar-refractivity contribution < 1.29 is 9.53 Å². The Morgan fingerprint density at radius 3 is 2.75 bits per heavy atom. The van der Waals surface area contributed by atoms with Crippen LogP contribution in [-0.2, 0) is 9.53 Å². The average Bonchev–Trinajstić information content (AvgIpc) is 2.29. The zero-order chi connectivity index (χ0) is 11.8. The molecule has 4 heteroatoms. The summed E-state index contributed by atoms with van der Waals surface area (Å²) in [4.78, 5) is 10.8. The molecule has 0 saturated heterocycles. The maximum Gasteiger partial charge on any atom is 0.221 e. The van der Waals surface area contributed by atoms with Gasteiger partial charge >= 0.3 is 0 Å². The number of carbonyl (C=O) groups is 1. The third-order valence-electron chi connectivity index (χ3n) is 3.12.